The van der Waals surface area contributed by atoms with E-state index < -0.39 is 0 Å². The molecule has 0 saturated heterocycles. The van der Waals surface area contributed by atoms with Gasteiger partial charge in [0.2, 0.25) is 0 Å². The van der Waals surface area contributed by atoms with Gasteiger partial charge in [0.25, 0.3) is 0 Å². The lowest BCUT2D eigenvalue weighted by atomic mass is 10.3. The molecule has 82 valence electrons. The number of nitrogens with one attached hydrogen (secondary N) is 2. The molecule has 0 aromatic carbocycles. The van der Waals surface area contributed by atoms with Gasteiger partial charge >= 0.3 is 0 Å². The first-order chi connectivity index (χ1) is 7.78. The number of hydrogen-bond acceptors (Lipinski definition) is 5. The first kappa shape index (κ1) is 10.8. The average molecular weight is 233 g/mol. The molecule has 0 unspecified atom stereocenters. The molecule has 6 heteroatoms. The topological polar surface area (TPSA) is 77.4 Å². The lowest BCUT2D eigenvalue weighted by molar-refractivity contribution is 0.670. The zero-order chi connectivity index (χ0) is 11.4. The number of hydrogen-bond donors (Lipinski definition) is 2. The van der Waals surface area contributed by atoms with Crippen LogP contribution in [-0.4, -0.2) is 15.2 Å². The number of nitrogens with zero attached hydrogens (tertiary/aromatic N) is 3. The number of aromatic nitrogens is 3. The van der Waals surface area contributed by atoms with Gasteiger partial charge in [-0.15, -0.1) is 11.3 Å². The smallest absolute Gasteiger partial charge is 0.164 e. The SMILES string of the molecule is Cc1nc(CNCc2cc(C#N)cs2)n[nH]1. The molecule has 2 aromatic heterocycles. The second kappa shape index (κ2) is 4.88. The van der Waals surface area contributed by atoms with Gasteiger partial charge in [-0.3, -0.25) is 5.10 Å². The van der Waals surface area contributed by atoms with Crippen molar-refractivity contribution in [1.82, 2.24) is 20.5 Å². The van der Waals surface area contributed by atoms with Crippen LogP contribution >= 0.6 is 11.3 Å². The van der Waals surface area contributed by atoms with Gasteiger partial charge in [0, 0.05) is 16.8 Å². The Morgan fingerprint density at radius 3 is 3.06 bits per heavy atom. The Bertz CT molecular complexity index is 507. The molecule has 2 N–H and O–H groups in total. The zero-order valence-corrected chi connectivity index (χ0v) is 9.64. The van der Waals surface area contributed by atoms with Crippen molar-refractivity contribution in [3.63, 3.8) is 0 Å². The Morgan fingerprint density at radius 1 is 1.56 bits per heavy atom. The first-order valence-corrected chi connectivity index (χ1v) is 5.72. The van der Waals surface area contributed by atoms with E-state index in [0.717, 1.165) is 28.6 Å². The van der Waals surface area contributed by atoms with Crippen LogP contribution in [0.2, 0.25) is 0 Å². The summed E-state index contributed by atoms with van der Waals surface area (Å²) in [5.41, 5.74) is 0.718. The van der Waals surface area contributed by atoms with Crippen molar-refractivity contribution in [2.45, 2.75) is 20.0 Å². The number of nitriles is 1. The van der Waals surface area contributed by atoms with E-state index in [0.29, 0.717) is 6.54 Å². The second-order valence-electron chi connectivity index (χ2n) is 3.35. The highest BCUT2D eigenvalue weighted by Crippen LogP contribution is 2.13. The van der Waals surface area contributed by atoms with Gasteiger partial charge in [-0.25, -0.2) is 4.98 Å². The molecule has 2 aromatic rings. The largest absolute Gasteiger partial charge is 0.305 e. The normalized spacial score (nSPS) is 10.2. The van der Waals surface area contributed by atoms with Crippen LogP contribution in [0.5, 0.6) is 0 Å². The third-order valence-corrected chi connectivity index (χ3v) is 2.95. The minimum absolute atomic E-state index is 0.629. The van der Waals surface area contributed by atoms with Crippen molar-refractivity contribution in [2.24, 2.45) is 0 Å². The molecule has 2 heterocycles. The van der Waals surface area contributed by atoms with E-state index in [-0.39, 0.29) is 0 Å². The molecular formula is C10H11N5S. The molecule has 0 fully saturated rings. The number of aryl methyl sites for hydroxylation is 1. The van der Waals surface area contributed by atoms with E-state index in [2.05, 4.69) is 26.6 Å². The Labute approximate surface area is 97.1 Å². The van der Waals surface area contributed by atoms with Crippen LogP contribution in [0.4, 0.5) is 0 Å². The molecule has 0 aliphatic carbocycles. The molecule has 0 radical (unpaired) electrons. The molecule has 0 aliphatic heterocycles. The van der Waals surface area contributed by atoms with E-state index >= 15 is 0 Å². The lowest BCUT2D eigenvalue weighted by Gasteiger charge is -1.98. The van der Waals surface area contributed by atoms with Crippen LogP contribution < -0.4 is 5.32 Å². The minimum Gasteiger partial charge on any atom is -0.305 e. The molecular weight excluding hydrogens is 222 g/mol. The van der Waals surface area contributed by atoms with Crippen LogP contribution in [0.25, 0.3) is 0 Å². The predicted molar refractivity (Wildman–Crippen MR) is 60.7 cm³/mol. The van der Waals surface area contributed by atoms with Crippen LogP contribution in [0.3, 0.4) is 0 Å². The maximum Gasteiger partial charge on any atom is 0.164 e. The van der Waals surface area contributed by atoms with E-state index in [1.54, 1.807) is 11.3 Å². The van der Waals surface area contributed by atoms with E-state index in [1.165, 1.54) is 0 Å². The average Bonchev–Trinajstić information content (AvgIpc) is 2.88. The fraction of sp³-hybridized carbons (Fsp3) is 0.300. The monoisotopic (exact) mass is 233 g/mol. The van der Waals surface area contributed by atoms with Crippen molar-refractivity contribution in [3.05, 3.63) is 33.5 Å². The van der Waals surface area contributed by atoms with E-state index in [9.17, 15) is 0 Å². The zero-order valence-electron chi connectivity index (χ0n) is 8.82. The standard InChI is InChI=1S/C10H11N5S/c1-7-13-10(15-14-7)5-12-4-9-2-8(3-11)6-16-9/h2,6,12H,4-5H2,1H3,(H,13,14,15). The Hall–Kier alpha value is -1.71. The van der Waals surface area contributed by atoms with Crippen molar-refractivity contribution in [1.29, 1.82) is 5.26 Å². The molecule has 2 rings (SSSR count). The van der Waals surface area contributed by atoms with Crippen LogP contribution in [-0.2, 0) is 13.1 Å². The highest BCUT2D eigenvalue weighted by atomic mass is 32.1. The summed E-state index contributed by atoms with van der Waals surface area (Å²) >= 11 is 1.58. The van der Waals surface area contributed by atoms with Gasteiger partial charge < -0.3 is 5.32 Å². The summed E-state index contributed by atoms with van der Waals surface area (Å²) in [5.74, 6) is 1.58. The van der Waals surface area contributed by atoms with Crippen molar-refractivity contribution in [3.8, 4) is 6.07 Å². The summed E-state index contributed by atoms with van der Waals surface area (Å²) in [5, 5.41) is 20.6. The highest BCUT2D eigenvalue weighted by Gasteiger charge is 2.01. The summed E-state index contributed by atoms with van der Waals surface area (Å²) in [7, 11) is 0. The number of H-pyrrole nitrogens is 1. The third-order valence-electron chi connectivity index (χ3n) is 2.01. The molecule has 0 atom stereocenters. The number of thiophene rings is 1. The fourth-order valence-corrected chi connectivity index (χ4v) is 2.08. The maximum atomic E-state index is 8.67. The number of rotatable bonds is 4. The third kappa shape index (κ3) is 2.66. The minimum atomic E-state index is 0.629. The lowest BCUT2D eigenvalue weighted by Crippen LogP contribution is -2.12. The molecule has 0 bridgehead atoms. The van der Waals surface area contributed by atoms with Crippen LogP contribution in [0.15, 0.2) is 11.4 Å². The predicted octanol–water partition coefficient (Wildman–Crippen LogP) is 1.34. The fourth-order valence-electron chi connectivity index (χ4n) is 1.30. The summed E-state index contributed by atoms with van der Waals surface area (Å²) in [6.07, 6.45) is 0. The summed E-state index contributed by atoms with van der Waals surface area (Å²) < 4.78 is 0. The highest BCUT2D eigenvalue weighted by molar-refractivity contribution is 7.10. The van der Waals surface area contributed by atoms with Gasteiger partial charge in [0.15, 0.2) is 5.82 Å². The van der Waals surface area contributed by atoms with E-state index in [4.69, 9.17) is 5.26 Å². The van der Waals surface area contributed by atoms with Crippen molar-refractivity contribution in [2.75, 3.05) is 0 Å². The molecule has 16 heavy (non-hydrogen) atoms. The van der Waals surface area contributed by atoms with Crippen molar-refractivity contribution >= 4 is 11.3 Å². The van der Waals surface area contributed by atoms with Crippen LogP contribution in [0, 0.1) is 18.3 Å². The first-order valence-electron chi connectivity index (χ1n) is 4.84. The molecule has 5 nitrogen and oxygen atoms in total. The molecule has 0 saturated carbocycles. The summed E-state index contributed by atoms with van der Waals surface area (Å²) in [6, 6.07) is 4.00. The Morgan fingerprint density at radius 2 is 2.44 bits per heavy atom. The summed E-state index contributed by atoms with van der Waals surface area (Å²) in [6.45, 7) is 3.24. The summed E-state index contributed by atoms with van der Waals surface area (Å²) in [4.78, 5) is 5.33. The van der Waals surface area contributed by atoms with Gasteiger partial charge in [-0.1, -0.05) is 0 Å². The number of aromatic amines is 1. The maximum absolute atomic E-state index is 8.67. The molecule has 0 aliphatic rings. The van der Waals surface area contributed by atoms with Gasteiger partial charge in [-0.05, 0) is 13.0 Å². The van der Waals surface area contributed by atoms with E-state index in [1.807, 2.05) is 18.4 Å². The molecule has 0 amide bonds. The van der Waals surface area contributed by atoms with Gasteiger partial charge in [-0.2, -0.15) is 10.4 Å². The van der Waals surface area contributed by atoms with Crippen LogP contribution in [0.1, 0.15) is 22.1 Å². The molecule has 0 spiro atoms. The van der Waals surface area contributed by atoms with Gasteiger partial charge in [0.1, 0.15) is 11.9 Å². The quantitative estimate of drug-likeness (QED) is 0.835. The Kier molecular flexibility index (Phi) is 3.29. The second-order valence-corrected chi connectivity index (χ2v) is 4.35. The Balaban J connectivity index is 1.82. The van der Waals surface area contributed by atoms with Gasteiger partial charge in [0.05, 0.1) is 12.1 Å². The van der Waals surface area contributed by atoms with Crippen molar-refractivity contribution < 1.29 is 0 Å².